The van der Waals surface area contributed by atoms with Crippen LogP contribution in [0.5, 0.6) is 5.75 Å². The Hall–Kier alpha value is -2.64. The topological polar surface area (TPSA) is 58.6 Å². The molecule has 32 heavy (non-hydrogen) atoms. The van der Waals surface area contributed by atoms with Gasteiger partial charge in [-0.2, -0.15) is 0 Å². The number of ether oxygens (including phenoxy) is 1. The number of anilines is 1. The van der Waals surface area contributed by atoms with Crippen LogP contribution in [0.2, 0.25) is 0 Å². The van der Waals surface area contributed by atoms with Gasteiger partial charge in [-0.3, -0.25) is 14.5 Å². The summed E-state index contributed by atoms with van der Waals surface area (Å²) < 4.78 is 5.63. The summed E-state index contributed by atoms with van der Waals surface area (Å²) in [6.45, 7) is 1.98. The van der Waals surface area contributed by atoms with Crippen molar-refractivity contribution in [3.05, 3.63) is 68.5 Å². The van der Waals surface area contributed by atoms with Crippen molar-refractivity contribution in [2.24, 2.45) is 0 Å². The number of methoxy groups -OCH3 is 1. The lowest BCUT2D eigenvalue weighted by atomic mass is 10.1. The third kappa shape index (κ3) is 5.05. The molecule has 1 N–H and O–H groups in total. The number of carbonyl (C=O) groups is 2. The van der Waals surface area contributed by atoms with Crippen molar-refractivity contribution in [3.63, 3.8) is 0 Å². The molecule has 1 saturated carbocycles. The predicted molar refractivity (Wildman–Crippen MR) is 131 cm³/mol. The van der Waals surface area contributed by atoms with Gasteiger partial charge in [0, 0.05) is 15.8 Å². The number of benzene rings is 1. The van der Waals surface area contributed by atoms with Crippen LogP contribution < -0.4 is 15.0 Å². The molecule has 5 nitrogen and oxygen atoms in total. The first kappa shape index (κ1) is 22.6. The molecule has 1 aliphatic carbocycles. The van der Waals surface area contributed by atoms with E-state index in [2.05, 4.69) is 5.32 Å². The highest BCUT2D eigenvalue weighted by Gasteiger charge is 2.36. The van der Waals surface area contributed by atoms with Crippen molar-refractivity contribution in [1.29, 1.82) is 0 Å². The summed E-state index contributed by atoms with van der Waals surface area (Å²) in [7, 11) is 1.59. The molecule has 2 aromatic heterocycles. The maximum Gasteiger partial charge on any atom is 0.248 e. The molecule has 4 rings (SSSR count). The van der Waals surface area contributed by atoms with Crippen LogP contribution in [0.3, 0.4) is 0 Å². The van der Waals surface area contributed by atoms with Gasteiger partial charge in [0.1, 0.15) is 11.8 Å². The second kappa shape index (κ2) is 10.3. The molecule has 0 radical (unpaired) electrons. The summed E-state index contributed by atoms with van der Waals surface area (Å²) in [5.74, 6) is 0.309. The molecule has 0 saturated heterocycles. The molecule has 0 spiro atoms. The summed E-state index contributed by atoms with van der Waals surface area (Å²) in [6, 6.07) is 12.9. The van der Waals surface area contributed by atoms with E-state index in [4.69, 9.17) is 4.74 Å². The van der Waals surface area contributed by atoms with Crippen LogP contribution in [0, 0.1) is 6.92 Å². The lowest BCUT2D eigenvalue weighted by molar-refractivity contribution is -0.126. The zero-order valence-electron chi connectivity index (χ0n) is 18.4. The van der Waals surface area contributed by atoms with E-state index in [1.165, 1.54) is 11.3 Å². The van der Waals surface area contributed by atoms with Crippen molar-refractivity contribution in [1.82, 2.24) is 5.32 Å². The highest BCUT2D eigenvalue weighted by molar-refractivity contribution is 7.10. The fourth-order valence-electron chi connectivity index (χ4n) is 4.22. The zero-order valence-corrected chi connectivity index (χ0v) is 20.0. The second-order valence-electron chi connectivity index (χ2n) is 8.10. The van der Waals surface area contributed by atoms with Gasteiger partial charge in [0.05, 0.1) is 19.2 Å². The molecule has 0 bridgehead atoms. The minimum absolute atomic E-state index is 0.128. The first-order chi connectivity index (χ1) is 15.6. The number of amides is 2. The third-order valence-corrected chi connectivity index (χ3v) is 7.59. The van der Waals surface area contributed by atoms with Gasteiger partial charge in [0.15, 0.2) is 0 Å². The van der Waals surface area contributed by atoms with E-state index in [9.17, 15) is 9.59 Å². The van der Waals surface area contributed by atoms with Crippen LogP contribution in [0.15, 0.2) is 53.2 Å². The molecule has 7 heteroatoms. The Kier molecular flexibility index (Phi) is 7.27. The largest absolute Gasteiger partial charge is 0.495 e. The van der Waals surface area contributed by atoms with Gasteiger partial charge in [-0.05, 0) is 60.4 Å². The number of aryl methyl sites for hydroxylation is 1. The fraction of sp³-hybridized carbons (Fsp3) is 0.360. The van der Waals surface area contributed by atoms with E-state index < -0.39 is 6.04 Å². The first-order valence-corrected chi connectivity index (χ1v) is 12.7. The van der Waals surface area contributed by atoms with Gasteiger partial charge in [-0.1, -0.05) is 31.0 Å². The highest BCUT2D eigenvalue weighted by Crippen LogP contribution is 2.38. The molecular formula is C25H28N2O3S2. The lowest BCUT2D eigenvalue weighted by Gasteiger charge is -2.32. The molecular weight excluding hydrogens is 440 g/mol. The molecule has 0 unspecified atom stereocenters. The van der Waals surface area contributed by atoms with Crippen LogP contribution in [-0.4, -0.2) is 25.0 Å². The van der Waals surface area contributed by atoms with Crippen molar-refractivity contribution >= 4 is 40.2 Å². The Morgan fingerprint density at radius 3 is 2.53 bits per heavy atom. The molecule has 1 fully saturated rings. The Bertz CT molecular complexity index is 1040. The average Bonchev–Trinajstić information content (AvgIpc) is 3.55. The van der Waals surface area contributed by atoms with Gasteiger partial charge >= 0.3 is 0 Å². The number of rotatable bonds is 8. The quantitative estimate of drug-likeness (QED) is 0.475. The first-order valence-electron chi connectivity index (χ1n) is 10.9. The fourth-order valence-corrected chi connectivity index (χ4v) is 5.73. The molecule has 1 aromatic carbocycles. The number of hydrogen-bond acceptors (Lipinski definition) is 5. The maximum atomic E-state index is 13.8. The summed E-state index contributed by atoms with van der Waals surface area (Å²) >= 11 is 3.03. The molecule has 2 heterocycles. The van der Waals surface area contributed by atoms with Gasteiger partial charge in [-0.25, -0.2) is 0 Å². The van der Waals surface area contributed by atoms with Gasteiger partial charge < -0.3 is 10.1 Å². The van der Waals surface area contributed by atoms with Crippen molar-refractivity contribution in [2.75, 3.05) is 12.0 Å². The van der Waals surface area contributed by atoms with E-state index in [-0.39, 0.29) is 24.3 Å². The van der Waals surface area contributed by atoms with Crippen molar-refractivity contribution in [3.8, 4) is 5.75 Å². The van der Waals surface area contributed by atoms with Crippen LogP contribution >= 0.6 is 22.7 Å². The monoisotopic (exact) mass is 468 g/mol. The molecule has 0 aliphatic heterocycles. The van der Waals surface area contributed by atoms with Crippen LogP contribution in [0.25, 0.3) is 0 Å². The SMILES string of the molecule is COc1ccc(C)cc1N(C(=O)Cc1cccs1)[C@@H](C(=O)NC1CCCC1)c1cccs1. The lowest BCUT2D eigenvalue weighted by Crippen LogP contribution is -2.46. The molecule has 1 atom stereocenters. The van der Waals surface area contributed by atoms with E-state index in [1.54, 1.807) is 23.3 Å². The summed E-state index contributed by atoms with van der Waals surface area (Å²) in [6.07, 6.45) is 4.45. The minimum atomic E-state index is -0.751. The van der Waals surface area contributed by atoms with E-state index >= 15 is 0 Å². The van der Waals surface area contributed by atoms with E-state index in [0.29, 0.717) is 11.4 Å². The summed E-state index contributed by atoms with van der Waals surface area (Å²) in [4.78, 5) is 30.9. The number of nitrogens with one attached hydrogen (secondary N) is 1. The Labute approximate surface area is 197 Å². The van der Waals surface area contributed by atoms with Crippen molar-refractivity contribution in [2.45, 2.75) is 51.1 Å². The third-order valence-electron chi connectivity index (χ3n) is 5.79. The number of nitrogens with zero attached hydrogens (tertiary/aromatic N) is 1. The normalized spacial score (nSPS) is 14.8. The Balaban J connectivity index is 1.78. The average molecular weight is 469 g/mol. The molecule has 168 valence electrons. The second-order valence-corrected chi connectivity index (χ2v) is 10.1. The minimum Gasteiger partial charge on any atom is -0.495 e. The Morgan fingerprint density at radius 1 is 1.12 bits per heavy atom. The maximum absolute atomic E-state index is 13.8. The van der Waals surface area contributed by atoms with Crippen LogP contribution in [0.1, 0.15) is 47.0 Å². The van der Waals surface area contributed by atoms with Gasteiger partial charge in [0.25, 0.3) is 0 Å². The van der Waals surface area contributed by atoms with Crippen LogP contribution in [-0.2, 0) is 16.0 Å². The smallest absolute Gasteiger partial charge is 0.248 e. The Morgan fingerprint density at radius 2 is 1.88 bits per heavy atom. The standard InChI is InChI=1S/C25H28N2O3S2/c1-17-11-12-21(30-2)20(15-17)27(23(28)16-19-9-5-13-31-19)24(22-10-6-14-32-22)25(29)26-18-7-3-4-8-18/h5-6,9-15,18,24H,3-4,7-8,16H2,1-2H3,(H,26,29)/t24-/m1/s1. The van der Waals surface area contributed by atoms with Gasteiger partial charge in [-0.15, -0.1) is 22.7 Å². The summed E-state index contributed by atoms with van der Waals surface area (Å²) in [5, 5.41) is 7.13. The predicted octanol–water partition coefficient (Wildman–Crippen LogP) is 5.50. The van der Waals surface area contributed by atoms with Gasteiger partial charge in [0.2, 0.25) is 11.8 Å². The van der Waals surface area contributed by atoms with Crippen molar-refractivity contribution < 1.29 is 14.3 Å². The number of hydrogen-bond donors (Lipinski definition) is 1. The zero-order chi connectivity index (χ0) is 22.5. The highest BCUT2D eigenvalue weighted by atomic mass is 32.1. The van der Waals surface area contributed by atoms with E-state index in [0.717, 1.165) is 41.0 Å². The number of carbonyl (C=O) groups excluding carboxylic acids is 2. The number of thiophene rings is 2. The summed E-state index contributed by atoms with van der Waals surface area (Å²) in [5.41, 5.74) is 1.62. The van der Waals surface area contributed by atoms with Crippen LogP contribution in [0.4, 0.5) is 5.69 Å². The molecule has 3 aromatic rings. The van der Waals surface area contributed by atoms with E-state index in [1.807, 2.05) is 60.1 Å². The molecule has 1 aliphatic rings. The molecule has 2 amide bonds.